The molecule has 3 amide bonds. The average molecular weight is 238 g/mol. The van der Waals surface area contributed by atoms with Gasteiger partial charge in [-0.1, -0.05) is 17.7 Å². The molecule has 1 aromatic rings. The van der Waals surface area contributed by atoms with Gasteiger partial charge < -0.3 is 4.74 Å². The number of benzene rings is 1. The molecule has 0 bridgehead atoms. The van der Waals surface area contributed by atoms with Gasteiger partial charge in [0.1, 0.15) is 0 Å². The standard InChI is InChI=1S/C11H14N2O4/c1-3-17-11(15)12-10(14)13(16)9-6-4-8(2)5-7-9/h4-7,16H,3H2,1-2H3,(H,12,14,15). The lowest BCUT2D eigenvalue weighted by atomic mass is 10.2. The summed E-state index contributed by atoms with van der Waals surface area (Å²) in [5.41, 5.74) is 1.25. The Kier molecular flexibility index (Phi) is 4.47. The second-order valence-electron chi connectivity index (χ2n) is 3.30. The van der Waals surface area contributed by atoms with Crippen molar-refractivity contribution in [3.05, 3.63) is 29.8 Å². The molecule has 17 heavy (non-hydrogen) atoms. The van der Waals surface area contributed by atoms with Crippen molar-refractivity contribution in [2.24, 2.45) is 0 Å². The summed E-state index contributed by atoms with van der Waals surface area (Å²) in [7, 11) is 0. The number of nitrogens with one attached hydrogen (secondary N) is 1. The molecule has 0 saturated carbocycles. The Morgan fingerprint density at radius 3 is 2.47 bits per heavy atom. The Bertz CT molecular complexity index is 402. The van der Waals surface area contributed by atoms with Gasteiger partial charge in [-0.3, -0.25) is 5.21 Å². The van der Waals surface area contributed by atoms with E-state index in [1.807, 2.05) is 12.2 Å². The first kappa shape index (κ1) is 13.0. The van der Waals surface area contributed by atoms with E-state index in [9.17, 15) is 14.8 Å². The molecule has 0 heterocycles. The molecular weight excluding hydrogens is 224 g/mol. The number of alkyl carbamates (subject to hydrolysis) is 1. The fraction of sp³-hybridized carbons (Fsp3) is 0.273. The van der Waals surface area contributed by atoms with E-state index in [4.69, 9.17) is 0 Å². The molecule has 0 unspecified atom stereocenters. The molecule has 2 N–H and O–H groups in total. The average Bonchev–Trinajstić information content (AvgIpc) is 2.29. The van der Waals surface area contributed by atoms with Gasteiger partial charge in [0.25, 0.3) is 0 Å². The molecule has 0 spiro atoms. The van der Waals surface area contributed by atoms with Gasteiger partial charge >= 0.3 is 12.1 Å². The lowest BCUT2D eigenvalue weighted by Crippen LogP contribution is -2.41. The van der Waals surface area contributed by atoms with E-state index in [0.29, 0.717) is 5.06 Å². The maximum atomic E-state index is 11.4. The topological polar surface area (TPSA) is 78.9 Å². The quantitative estimate of drug-likeness (QED) is 0.610. The summed E-state index contributed by atoms with van der Waals surface area (Å²) in [5.74, 6) is 0. The summed E-state index contributed by atoms with van der Waals surface area (Å²) in [4.78, 5) is 22.3. The van der Waals surface area contributed by atoms with Gasteiger partial charge in [0, 0.05) is 0 Å². The number of amides is 3. The first-order chi connectivity index (χ1) is 8.04. The second kappa shape index (κ2) is 5.86. The van der Waals surface area contributed by atoms with Gasteiger partial charge in [0.15, 0.2) is 0 Å². The van der Waals surface area contributed by atoms with E-state index in [-0.39, 0.29) is 12.3 Å². The molecule has 92 valence electrons. The van der Waals surface area contributed by atoms with Crippen molar-refractivity contribution in [1.29, 1.82) is 0 Å². The Hall–Kier alpha value is -2.08. The van der Waals surface area contributed by atoms with Crippen molar-refractivity contribution >= 4 is 17.8 Å². The summed E-state index contributed by atoms with van der Waals surface area (Å²) >= 11 is 0. The number of rotatable bonds is 2. The minimum atomic E-state index is -0.965. The second-order valence-corrected chi connectivity index (χ2v) is 3.30. The van der Waals surface area contributed by atoms with E-state index < -0.39 is 12.1 Å². The molecule has 6 heteroatoms. The number of hydroxylamine groups is 1. The van der Waals surface area contributed by atoms with Crippen molar-refractivity contribution in [2.75, 3.05) is 11.7 Å². The highest BCUT2D eigenvalue weighted by Gasteiger charge is 2.16. The number of nitrogens with zero attached hydrogens (tertiary/aromatic N) is 1. The third kappa shape index (κ3) is 3.76. The minimum absolute atomic E-state index is 0.148. The number of hydrogen-bond acceptors (Lipinski definition) is 4. The van der Waals surface area contributed by atoms with Crippen LogP contribution in [0.3, 0.4) is 0 Å². The lowest BCUT2D eigenvalue weighted by Gasteiger charge is -2.14. The molecule has 0 aliphatic heterocycles. The van der Waals surface area contributed by atoms with Gasteiger partial charge in [0.05, 0.1) is 12.3 Å². The van der Waals surface area contributed by atoms with Crippen LogP contribution in [0.5, 0.6) is 0 Å². The van der Waals surface area contributed by atoms with E-state index in [0.717, 1.165) is 5.56 Å². The molecule has 6 nitrogen and oxygen atoms in total. The maximum Gasteiger partial charge on any atom is 0.415 e. The smallest absolute Gasteiger partial charge is 0.415 e. The predicted octanol–water partition coefficient (Wildman–Crippen LogP) is 2.06. The summed E-state index contributed by atoms with van der Waals surface area (Å²) in [6.45, 7) is 3.64. The summed E-state index contributed by atoms with van der Waals surface area (Å²) < 4.78 is 4.51. The van der Waals surface area contributed by atoms with Crippen LogP contribution < -0.4 is 10.4 Å². The van der Waals surface area contributed by atoms with Crippen LogP contribution in [-0.2, 0) is 4.74 Å². The zero-order valence-electron chi connectivity index (χ0n) is 9.64. The number of carbonyl (C=O) groups is 2. The fourth-order valence-electron chi connectivity index (χ4n) is 1.11. The largest absolute Gasteiger partial charge is 0.450 e. The first-order valence-corrected chi connectivity index (χ1v) is 5.08. The monoisotopic (exact) mass is 238 g/mol. The van der Waals surface area contributed by atoms with Crippen molar-refractivity contribution in [1.82, 2.24) is 5.32 Å². The normalized spacial score (nSPS) is 9.59. The van der Waals surface area contributed by atoms with Crippen LogP contribution in [0.4, 0.5) is 15.3 Å². The molecule has 1 aromatic carbocycles. The van der Waals surface area contributed by atoms with Crippen LogP contribution in [0, 0.1) is 6.92 Å². The van der Waals surface area contributed by atoms with E-state index in [1.54, 1.807) is 31.2 Å². The molecule has 0 aromatic heterocycles. The molecule has 0 atom stereocenters. The van der Waals surface area contributed by atoms with Crippen molar-refractivity contribution in [2.45, 2.75) is 13.8 Å². The van der Waals surface area contributed by atoms with E-state index in [1.165, 1.54) is 0 Å². The Morgan fingerprint density at radius 2 is 1.94 bits per heavy atom. The van der Waals surface area contributed by atoms with Crippen molar-refractivity contribution in [3.63, 3.8) is 0 Å². The highest BCUT2D eigenvalue weighted by Crippen LogP contribution is 2.12. The van der Waals surface area contributed by atoms with Crippen molar-refractivity contribution < 1.29 is 19.5 Å². The molecule has 0 radical (unpaired) electrons. The third-order valence-electron chi connectivity index (χ3n) is 1.96. The molecule has 0 fully saturated rings. The van der Waals surface area contributed by atoms with Gasteiger partial charge in [-0.2, -0.15) is 5.06 Å². The highest BCUT2D eigenvalue weighted by molar-refractivity contribution is 5.99. The predicted molar refractivity (Wildman–Crippen MR) is 61.0 cm³/mol. The molecule has 0 aliphatic carbocycles. The number of imide groups is 1. The Balaban J connectivity index is 2.63. The van der Waals surface area contributed by atoms with Crippen LogP contribution >= 0.6 is 0 Å². The van der Waals surface area contributed by atoms with Gasteiger partial charge in [-0.15, -0.1) is 0 Å². The zero-order valence-corrected chi connectivity index (χ0v) is 9.64. The lowest BCUT2D eigenvalue weighted by molar-refractivity contribution is 0.149. The fourth-order valence-corrected chi connectivity index (χ4v) is 1.11. The number of carbonyl (C=O) groups excluding carboxylic acids is 2. The van der Waals surface area contributed by atoms with Gasteiger partial charge in [-0.25, -0.2) is 14.9 Å². The number of anilines is 1. The van der Waals surface area contributed by atoms with E-state index in [2.05, 4.69) is 4.74 Å². The number of aryl methyl sites for hydroxylation is 1. The van der Waals surface area contributed by atoms with Crippen LogP contribution in [-0.4, -0.2) is 23.9 Å². The molecule has 1 rings (SSSR count). The Labute approximate surface area is 98.8 Å². The van der Waals surface area contributed by atoms with Crippen LogP contribution in [0.25, 0.3) is 0 Å². The highest BCUT2D eigenvalue weighted by atomic mass is 16.6. The maximum absolute atomic E-state index is 11.4. The number of urea groups is 1. The van der Waals surface area contributed by atoms with Crippen molar-refractivity contribution in [3.8, 4) is 0 Å². The molecule has 0 saturated heterocycles. The van der Waals surface area contributed by atoms with Crippen LogP contribution in [0.2, 0.25) is 0 Å². The van der Waals surface area contributed by atoms with Crippen LogP contribution in [0.15, 0.2) is 24.3 Å². The summed E-state index contributed by atoms with van der Waals surface area (Å²) in [5, 5.41) is 11.7. The number of hydrogen-bond donors (Lipinski definition) is 2. The van der Waals surface area contributed by atoms with Gasteiger partial charge in [0.2, 0.25) is 0 Å². The molecular formula is C11H14N2O4. The van der Waals surface area contributed by atoms with E-state index >= 15 is 0 Å². The minimum Gasteiger partial charge on any atom is -0.450 e. The third-order valence-corrected chi connectivity index (χ3v) is 1.96. The molecule has 0 aliphatic rings. The number of ether oxygens (including phenoxy) is 1. The van der Waals surface area contributed by atoms with Crippen LogP contribution in [0.1, 0.15) is 12.5 Å². The SMILES string of the molecule is CCOC(=O)NC(=O)N(O)c1ccc(C)cc1. The Morgan fingerprint density at radius 1 is 1.35 bits per heavy atom. The van der Waals surface area contributed by atoms with Gasteiger partial charge in [-0.05, 0) is 26.0 Å². The summed E-state index contributed by atoms with van der Waals surface area (Å²) in [6, 6.07) is 5.61. The first-order valence-electron chi connectivity index (χ1n) is 5.08. The zero-order chi connectivity index (χ0) is 12.8. The summed E-state index contributed by atoms with van der Waals surface area (Å²) in [6.07, 6.45) is -0.899.